The number of ether oxygens (including phenoxy) is 1. The Kier molecular flexibility index (Phi) is 7.17. The minimum absolute atomic E-state index is 0.0427. The van der Waals surface area contributed by atoms with Gasteiger partial charge >= 0.3 is 0 Å². The van der Waals surface area contributed by atoms with E-state index in [1.54, 1.807) is 43.9 Å². The summed E-state index contributed by atoms with van der Waals surface area (Å²) in [6.45, 7) is 7.71. The van der Waals surface area contributed by atoms with E-state index in [0.29, 0.717) is 38.3 Å². The van der Waals surface area contributed by atoms with Gasteiger partial charge in [-0.15, -0.1) is 0 Å². The molecule has 0 unspecified atom stereocenters. The highest BCUT2D eigenvalue weighted by Crippen LogP contribution is 2.27. The fourth-order valence-corrected chi connectivity index (χ4v) is 4.92. The van der Waals surface area contributed by atoms with Crippen molar-refractivity contribution >= 4 is 21.6 Å². The minimum atomic E-state index is -3.83. The maximum absolute atomic E-state index is 13.1. The van der Waals surface area contributed by atoms with Gasteiger partial charge in [0, 0.05) is 43.5 Å². The molecule has 1 heterocycles. The summed E-state index contributed by atoms with van der Waals surface area (Å²) in [4.78, 5) is 16.8. The Morgan fingerprint density at radius 1 is 1.10 bits per heavy atom. The molecule has 0 aromatic heterocycles. The number of carbonyl (C=O) groups excluding carboxylic acids is 1. The molecule has 31 heavy (non-hydrogen) atoms. The van der Waals surface area contributed by atoms with Crippen molar-refractivity contribution in [3.8, 4) is 5.75 Å². The van der Waals surface area contributed by atoms with Gasteiger partial charge in [-0.3, -0.25) is 4.79 Å². The summed E-state index contributed by atoms with van der Waals surface area (Å²) in [5, 5.41) is 0. The summed E-state index contributed by atoms with van der Waals surface area (Å²) in [6, 6.07) is 10.5. The molecule has 0 bridgehead atoms. The molecule has 2 aromatic carbocycles. The molecule has 1 N–H and O–H groups in total. The SMILES string of the molecule is CCOc1ccc(C(=O)N2CCN(c3ccc(F)cc3)CC2)cc1S(=O)(=O)NC(C)C. The second-order valence-electron chi connectivity index (χ2n) is 7.63. The smallest absolute Gasteiger partial charge is 0.254 e. The molecule has 7 nitrogen and oxygen atoms in total. The van der Waals surface area contributed by atoms with E-state index in [-0.39, 0.29) is 28.4 Å². The normalized spacial score (nSPS) is 14.7. The van der Waals surface area contributed by atoms with Crippen molar-refractivity contribution in [1.29, 1.82) is 0 Å². The van der Waals surface area contributed by atoms with Crippen LogP contribution in [0.2, 0.25) is 0 Å². The van der Waals surface area contributed by atoms with E-state index in [0.717, 1.165) is 5.69 Å². The van der Waals surface area contributed by atoms with Gasteiger partial charge in [0.05, 0.1) is 6.61 Å². The molecule has 0 aliphatic carbocycles. The summed E-state index contributed by atoms with van der Waals surface area (Å²) in [6.07, 6.45) is 0. The van der Waals surface area contributed by atoms with E-state index >= 15 is 0 Å². The maximum atomic E-state index is 13.1. The van der Waals surface area contributed by atoms with Gasteiger partial charge in [-0.1, -0.05) is 0 Å². The number of nitrogens with zero attached hydrogens (tertiary/aromatic N) is 2. The Morgan fingerprint density at radius 3 is 2.32 bits per heavy atom. The lowest BCUT2D eigenvalue weighted by atomic mass is 10.1. The Hall–Kier alpha value is -2.65. The maximum Gasteiger partial charge on any atom is 0.254 e. The molecule has 0 atom stereocenters. The Labute approximate surface area is 182 Å². The standard InChI is InChI=1S/C22H28FN3O4S/c1-4-30-20-10-5-17(15-21(20)31(28,29)24-16(2)3)22(27)26-13-11-25(12-14-26)19-8-6-18(23)7-9-19/h5-10,15-16,24H,4,11-14H2,1-3H3. The zero-order valence-electron chi connectivity index (χ0n) is 18.0. The number of halogens is 1. The highest BCUT2D eigenvalue weighted by molar-refractivity contribution is 7.89. The molecule has 1 amide bonds. The number of sulfonamides is 1. The molecule has 1 fully saturated rings. The van der Waals surface area contributed by atoms with Gasteiger partial charge in [-0.05, 0) is 63.2 Å². The lowest BCUT2D eigenvalue weighted by Crippen LogP contribution is -2.48. The summed E-state index contributed by atoms with van der Waals surface area (Å²) >= 11 is 0. The van der Waals surface area contributed by atoms with Gasteiger partial charge in [0.25, 0.3) is 5.91 Å². The molecule has 0 radical (unpaired) electrons. The van der Waals surface area contributed by atoms with E-state index in [4.69, 9.17) is 4.74 Å². The topological polar surface area (TPSA) is 79.0 Å². The number of benzene rings is 2. The third kappa shape index (κ3) is 5.54. The van der Waals surface area contributed by atoms with E-state index in [1.165, 1.54) is 24.3 Å². The first kappa shape index (κ1) is 23.0. The monoisotopic (exact) mass is 449 g/mol. The average Bonchev–Trinajstić information content (AvgIpc) is 2.73. The van der Waals surface area contributed by atoms with Crippen LogP contribution in [0.1, 0.15) is 31.1 Å². The van der Waals surface area contributed by atoms with Crippen molar-refractivity contribution in [2.75, 3.05) is 37.7 Å². The third-order valence-corrected chi connectivity index (χ3v) is 6.61. The van der Waals surface area contributed by atoms with Crippen LogP contribution in [-0.2, 0) is 10.0 Å². The largest absolute Gasteiger partial charge is 0.492 e. The molecule has 1 aliphatic heterocycles. The van der Waals surface area contributed by atoms with Crippen LogP contribution in [0, 0.1) is 5.82 Å². The Bertz CT molecular complexity index is 1020. The fraction of sp³-hybridized carbons (Fsp3) is 0.409. The minimum Gasteiger partial charge on any atom is -0.492 e. The zero-order chi connectivity index (χ0) is 22.6. The van der Waals surface area contributed by atoms with Crippen LogP contribution in [0.15, 0.2) is 47.4 Å². The Balaban J connectivity index is 1.77. The van der Waals surface area contributed by atoms with Crippen LogP contribution >= 0.6 is 0 Å². The number of anilines is 1. The van der Waals surface area contributed by atoms with Crippen molar-refractivity contribution in [1.82, 2.24) is 9.62 Å². The zero-order valence-corrected chi connectivity index (χ0v) is 18.8. The van der Waals surface area contributed by atoms with Gasteiger partial charge in [0.1, 0.15) is 16.5 Å². The molecule has 9 heteroatoms. The molecular weight excluding hydrogens is 421 g/mol. The van der Waals surface area contributed by atoms with Crippen molar-refractivity contribution in [2.45, 2.75) is 31.7 Å². The number of piperazine rings is 1. The second-order valence-corrected chi connectivity index (χ2v) is 9.31. The molecule has 0 spiro atoms. The molecule has 3 rings (SSSR count). The number of rotatable bonds is 7. The van der Waals surface area contributed by atoms with Crippen LogP contribution in [-0.4, -0.2) is 58.1 Å². The van der Waals surface area contributed by atoms with E-state index in [9.17, 15) is 17.6 Å². The second kappa shape index (κ2) is 9.65. The number of nitrogens with one attached hydrogen (secondary N) is 1. The van der Waals surface area contributed by atoms with Crippen LogP contribution in [0.3, 0.4) is 0 Å². The molecular formula is C22H28FN3O4S. The number of amides is 1. The van der Waals surface area contributed by atoms with E-state index in [1.807, 2.05) is 0 Å². The summed E-state index contributed by atoms with van der Waals surface area (Å²) < 4.78 is 46.7. The van der Waals surface area contributed by atoms with Gasteiger partial charge in [-0.2, -0.15) is 0 Å². The first-order valence-corrected chi connectivity index (χ1v) is 11.8. The summed E-state index contributed by atoms with van der Waals surface area (Å²) in [7, 11) is -3.83. The summed E-state index contributed by atoms with van der Waals surface area (Å²) in [5.41, 5.74) is 1.20. The van der Waals surface area contributed by atoms with Crippen molar-refractivity contribution in [2.24, 2.45) is 0 Å². The highest BCUT2D eigenvalue weighted by Gasteiger charge is 2.26. The van der Waals surface area contributed by atoms with Gasteiger partial charge < -0.3 is 14.5 Å². The summed E-state index contributed by atoms with van der Waals surface area (Å²) in [5.74, 6) is -0.304. The fourth-order valence-electron chi connectivity index (χ4n) is 3.50. The lowest BCUT2D eigenvalue weighted by molar-refractivity contribution is 0.0746. The molecule has 2 aromatic rings. The molecule has 1 aliphatic rings. The average molecular weight is 450 g/mol. The molecule has 0 saturated carbocycles. The molecule has 1 saturated heterocycles. The highest BCUT2D eigenvalue weighted by atomic mass is 32.2. The number of carbonyl (C=O) groups is 1. The van der Waals surface area contributed by atoms with Crippen LogP contribution < -0.4 is 14.4 Å². The first-order chi connectivity index (χ1) is 14.7. The van der Waals surface area contributed by atoms with Crippen LogP contribution in [0.5, 0.6) is 5.75 Å². The lowest BCUT2D eigenvalue weighted by Gasteiger charge is -2.36. The van der Waals surface area contributed by atoms with Crippen LogP contribution in [0.25, 0.3) is 0 Å². The number of hydrogen-bond acceptors (Lipinski definition) is 5. The van der Waals surface area contributed by atoms with Crippen LogP contribution in [0.4, 0.5) is 10.1 Å². The predicted molar refractivity (Wildman–Crippen MR) is 118 cm³/mol. The van der Waals surface area contributed by atoms with Crippen molar-refractivity contribution < 1.29 is 22.3 Å². The van der Waals surface area contributed by atoms with Gasteiger partial charge in [-0.25, -0.2) is 17.5 Å². The molecule has 168 valence electrons. The van der Waals surface area contributed by atoms with E-state index in [2.05, 4.69) is 9.62 Å². The van der Waals surface area contributed by atoms with Crippen molar-refractivity contribution in [3.05, 3.63) is 53.8 Å². The van der Waals surface area contributed by atoms with Gasteiger partial charge in [0.15, 0.2) is 0 Å². The predicted octanol–water partition coefficient (Wildman–Crippen LogP) is 2.87. The van der Waals surface area contributed by atoms with Crippen molar-refractivity contribution in [3.63, 3.8) is 0 Å². The Morgan fingerprint density at radius 2 is 1.74 bits per heavy atom. The van der Waals surface area contributed by atoms with E-state index < -0.39 is 10.0 Å². The number of hydrogen-bond donors (Lipinski definition) is 1. The quantitative estimate of drug-likeness (QED) is 0.703. The van der Waals surface area contributed by atoms with Gasteiger partial charge in [0.2, 0.25) is 10.0 Å². The third-order valence-electron chi connectivity index (χ3n) is 4.93. The first-order valence-electron chi connectivity index (χ1n) is 10.3.